The Morgan fingerprint density at radius 3 is 2.75 bits per heavy atom. The van der Waals surface area contributed by atoms with Gasteiger partial charge in [0.1, 0.15) is 17.0 Å². The van der Waals surface area contributed by atoms with Gasteiger partial charge in [-0.25, -0.2) is 4.98 Å². The van der Waals surface area contributed by atoms with E-state index >= 15 is 0 Å². The van der Waals surface area contributed by atoms with Gasteiger partial charge in [0.05, 0.1) is 18.2 Å². The number of phenolic OH excluding ortho intramolecular Hbond substituents is 1. The molecule has 4 aromatic rings. The number of rotatable bonds is 4. The monoisotopic (exact) mass is 438 g/mol. The lowest BCUT2D eigenvalue weighted by Gasteiger charge is -2.11. The number of para-hydroxylation sites is 2. The van der Waals surface area contributed by atoms with E-state index in [1.54, 1.807) is 36.4 Å². The van der Waals surface area contributed by atoms with E-state index in [1.165, 1.54) is 13.2 Å². The first-order valence-corrected chi connectivity index (χ1v) is 9.18. The van der Waals surface area contributed by atoms with Crippen LogP contribution in [0.1, 0.15) is 10.4 Å². The second kappa shape index (κ2) is 7.36. The number of amides is 1. The smallest absolute Gasteiger partial charge is 0.259 e. The van der Waals surface area contributed by atoms with Crippen molar-refractivity contribution >= 4 is 38.6 Å². The minimum absolute atomic E-state index is 0.00425. The van der Waals surface area contributed by atoms with Gasteiger partial charge in [0.15, 0.2) is 5.58 Å². The van der Waals surface area contributed by atoms with Crippen LogP contribution in [0.15, 0.2) is 69.6 Å². The minimum Gasteiger partial charge on any atom is -0.507 e. The molecule has 0 bridgehead atoms. The lowest BCUT2D eigenvalue weighted by molar-refractivity contribution is 0.102. The van der Waals surface area contributed by atoms with Crippen LogP contribution in [0.3, 0.4) is 0 Å². The number of carbonyl (C=O) groups excluding carboxylic acids is 1. The summed E-state index contributed by atoms with van der Waals surface area (Å²) in [4.78, 5) is 17.1. The van der Waals surface area contributed by atoms with Crippen molar-refractivity contribution in [1.82, 2.24) is 4.98 Å². The third-order valence-corrected chi connectivity index (χ3v) is 4.68. The lowest BCUT2D eigenvalue weighted by Crippen LogP contribution is -2.13. The lowest BCUT2D eigenvalue weighted by atomic mass is 10.1. The molecule has 0 aliphatic rings. The number of aromatic hydroxyl groups is 1. The van der Waals surface area contributed by atoms with Gasteiger partial charge in [-0.3, -0.25) is 4.79 Å². The number of benzene rings is 3. The van der Waals surface area contributed by atoms with E-state index in [1.807, 2.05) is 18.2 Å². The van der Waals surface area contributed by atoms with Crippen LogP contribution in [0.4, 0.5) is 5.69 Å². The van der Waals surface area contributed by atoms with Crippen LogP contribution in [0.5, 0.6) is 11.5 Å². The van der Waals surface area contributed by atoms with Crippen molar-refractivity contribution in [2.75, 3.05) is 12.4 Å². The first kappa shape index (κ1) is 18.1. The Kier molecular flexibility index (Phi) is 4.75. The number of ether oxygens (including phenoxy) is 1. The zero-order valence-corrected chi connectivity index (χ0v) is 16.4. The number of methoxy groups -OCH3 is 1. The van der Waals surface area contributed by atoms with Crippen molar-refractivity contribution in [3.05, 3.63) is 70.7 Å². The van der Waals surface area contributed by atoms with Gasteiger partial charge in [-0.1, -0.05) is 28.1 Å². The van der Waals surface area contributed by atoms with Gasteiger partial charge in [0.2, 0.25) is 5.89 Å². The number of halogens is 1. The molecule has 4 rings (SSSR count). The number of oxazole rings is 1. The summed E-state index contributed by atoms with van der Waals surface area (Å²) in [7, 11) is 1.51. The van der Waals surface area contributed by atoms with E-state index in [0.717, 1.165) is 4.47 Å². The summed E-state index contributed by atoms with van der Waals surface area (Å²) in [6.45, 7) is 0. The van der Waals surface area contributed by atoms with Crippen LogP contribution in [0.25, 0.3) is 22.6 Å². The molecule has 0 aliphatic heterocycles. The number of carbonyl (C=O) groups is 1. The van der Waals surface area contributed by atoms with Crippen molar-refractivity contribution in [2.45, 2.75) is 0 Å². The van der Waals surface area contributed by atoms with Gasteiger partial charge in [0, 0.05) is 10.2 Å². The number of fused-ring (bicyclic) bond motifs is 1. The largest absolute Gasteiger partial charge is 0.507 e. The third kappa shape index (κ3) is 3.44. The molecular weight excluding hydrogens is 424 g/mol. The molecule has 7 heteroatoms. The Labute approximate surface area is 168 Å². The summed E-state index contributed by atoms with van der Waals surface area (Å²) >= 11 is 3.36. The average molecular weight is 439 g/mol. The number of nitrogens with zero attached hydrogens (tertiary/aromatic N) is 1. The standard InChI is InChI=1S/C21H15BrN2O4/c1-27-18-9-6-12(22)10-15(18)20(26)23-13-7-8-17(25)14(11-13)21-24-16-4-2-3-5-19(16)28-21/h2-11,25H,1H3,(H,23,26). The molecule has 0 fully saturated rings. The molecule has 0 unspecified atom stereocenters. The van der Waals surface area contributed by atoms with Crippen LogP contribution in [0.2, 0.25) is 0 Å². The number of nitrogens with one attached hydrogen (secondary N) is 1. The quantitative estimate of drug-likeness (QED) is 0.426. The number of aromatic nitrogens is 1. The van der Waals surface area contributed by atoms with E-state index in [9.17, 15) is 9.90 Å². The maximum absolute atomic E-state index is 12.7. The zero-order valence-electron chi connectivity index (χ0n) is 14.8. The molecule has 1 heterocycles. The minimum atomic E-state index is -0.340. The summed E-state index contributed by atoms with van der Waals surface area (Å²) < 4.78 is 11.7. The van der Waals surface area contributed by atoms with Crippen molar-refractivity contribution in [1.29, 1.82) is 0 Å². The van der Waals surface area contributed by atoms with Gasteiger partial charge in [-0.05, 0) is 48.5 Å². The Morgan fingerprint density at radius 1 is 1.14 bits per heavy atom. The molecule has 0 saturated heterocycles. The highest BCUT2D eigenvalue weighted by Gasteiger charge is 2.16. The second-order valence-electron chi connectivity index (χ2n) is 6.02. The van der Waals surface area contributed by atoms with Crippen molar-refractivity contribution in [3.63, 3.8) is 0 Å². The van der Waals surface area contributed by atoms with Gasteiger partial charge in [0.25, 0.3) is 5.91 Å². The molecule has 0 aliphatic carbocycles. The Hall–Kier alpha value is -3.32. The topological polar surface area (TPSA) is 84.6 Å². The SMILES string of the molecule is COc1ccc(Br)cc1C(=O)Nc1ccc(O)c(-c2nc3ccccc3o2)c1. The molecule has 0 radical (unpaired) electrons. The third-order valence-electron chi connectivity index (χ3n) is 4.18. The van der Waals surface area contributed by atoms with Crippen LogP contribution in [0, 0.1) is 0 Å². The number of anilines is 1. The first-order chi connectivity index (χ1) is 13.5. The number of phenols is 1. The van der Waals surface area contributed by atoms with Crippen molar-refractivity contribution in [2.24, 2.45) is 0 Å². The first-order valence-electron chi connectivity index (χ1n) is 8.39. The Morgan fingerprint density at radius 2 is 1.96 bits per heavy atom. The van der Waals surface area contributed by atoms with Gasteiger partial charge >= 0.3 is 0 Å². The fraction of sp³-hybridized carbons (Fsp3) is 0.0476. The van der Waals surface area contributed by atoms with Gasteiger partial charge < -0.3 is 19.6 Å². The van der Waals surface area contributed by atoms with Crippen LogP contribution in [-0.2, 0) is 0 Å². The molecule has 0 atom stereocenters. The summed E-state index contributed by atoms with van der Waals surface area (Å²) in [6.07, 6.45) is 0. The maximum atomic E-state index is 12.7. The summed E-state index contributed by atoms with van der Waals surface area (Å²) in [5, 5.41) is 13.1. The molecule has 3 aromatic carbocycles. The van der Waals surface area contributed by atoms with E-state index in [0.29, 0.717) is 33.7 Å². The average Bonchev–Trinajstić information content (AvgIpc) is 3.13. The summed E-state index contributed by atoms with van der Waals surface area (Å²) in [5.74, 6) is 0.394. The van der Waals surface area contributed by atoms with Crippen molar-refractivity contribution < 1.29 is 19.1 Å². The molecule has 6 nitrogen and oxygen atoms in total. The highest BCUT2D eigenvalue weighted by molar-refractivity contribution is 9.10. The van der Waals surface area contributed by atoms with Gasteiger partial charge in [-0.2, -0.15) is 0 Å². The second-order valence-corrected chi connectivity index (χ2v) is 6.93. The maximum Gasteiger partial charge on any atom is 0.259 e. The summed E-state index contributed by atoms with van der Waals surface area (Å²) in [6, 6.07) is 17.2. The molecule has 0 spiro atoms. The molecule has 0 saturated carbocycles. The molecular formula is C21H15BrN2O4. The van der Waals surface area contributed by atoms with Gasteiger partial charge in [-0.15, -0.1) is 0 Å². The predicted octanol–water partition coefficient (Wildman–Crippen LogP) is 5.22. The molecule has 140 valence electrons. The highest BCUT2D eigenvalue weighted by atomic mass is 79.9. The van der Waals surface area contributed by atoms with Crippen molar-refractivity contribution in [3.8, 4) is 23.0 Å². The van der Waals surface area contributed by atoms with E-state index in [2.05, 4.69) is 26.2 Å². The predicted molar refractivity (Wildman–Crippen MR) is 110 cm³/mol. The Balaban J connectivity index is 1.67. The number of hydrogen-bond acceptors (Lipinski definition) is 5. The fourth-order valence-electron chi connectivity index (χ4n) is 2.83. The highest BCUT2D eigenvalue weighted by Crippen LogP contribution is 2.33. The Bertz CT molecular complexity index is 1150. The molecule has 2 N–H and O–H groups in total. The zero-order chi connectivity index (χ0) is 19.7. The molecule has 28 heavy (non-hydrogen) atoms. The molecule has 1 amide bonds. The molecule has 1 aromatic heterocycles. The van der Waals surface area contributed by atoms with E-state index in [4.69, 9.17) is 9.15 Å². The normalized spacial score (nSPS) is 10.8. The van der Waals surface area contributed by atoms with Crippen LogP contribution >= 0.6 is 15.9 Å². The van der Waals surface area contributed by atoms with E-state index in [-0.39, 0.29) is 17.5 Å². The van der Waals surface area contributed by atoms with E-state index < -0.39 is 0 Å². The number of hydrogen-bond donors (Lipinski definition) is 2. The summed E-state index contributed by atoms with van der Waals surface area (Å²) in [5.41, 5.74) is 2.56. The fourth-order valence-corrected chi connectivity index (χ4v) is 3.19. The van der Waals surface area contributed by atoms with Crippen LogP contribution < -0.4 is 10.1 Å². The van der Waals surface area contributed by atoms with Crippen LogP contribution in [-0.4, -0.2) is 23.1 Å².